The lowest BCUT2D eigenvalue weighted by Crippen LogP contribution is -2.37. The molecule has 0 amide bonds. The van der Waals surface area contributed by atoms with Crippen molar-refractivity contribution in [3.05, 3.63) is 71.6 Å². The number of hydrogen-bond donors (Lipinski definition) is 0. The highest BCUT2D eigenvalue weighted by atomic mass is 19.1. The van der Waals surface area contributed by atoms with E-state index in [1.54, 1.807) is 7.11 Å². The molecule has 2 aliphatic heterocycles. The first-order valence-corrected chi connectivity index (χ1v) is 9.37. The lowest BCUT2D eigenvalue weighted by molar-refractivity contribution is 0.404. The van der Waals surface area contributed by atoms with E-state index in [4.69, 9.17) is 4.74 Å². The topological polar surface area (TPSA) is 40.4 Å². The van der Waals surface area contributed by atoms with E-state index in [-0.39, 0.29) is 5.82 Å². The Morgan fingerprint density at radius 3 is 2.46 bits per heavy atom. The Hall–Kier alpha value is -3.15. The Balaban J connectivity index is 1.33. The molecule has 0 aliphatic carbocycles. The van der Waals surface area contributed by atoms with Gasteiger partial charge in [0.25, 0.3) is 0 Å². The summed E-state index contributed by atoms with van der Waals surface area (Å²) in [6.07, 6.45) is 4.94. The highest BCUT2D eigenvalue weighted by Crippen LogP contribution is 2.23. The number of aliphatic imine (C=N–C) groups is 2. The molecule has 144 valence electrons. The smallest absolute Gasteiger partial charge is 0.224 e. The summed E-state index contributed by atoms with van der Waals surface area (Å²) in [5.41, 5.74) is 3.52. The molecule has 0 bridgehead atoms. The van der Waals surface area contributed by atoms with Gasteiger partial charge in [-0.15, -0.1) is 0 Å². The molecule has 4 rings (SSSR count). The predicted octanol–water partition coefficient (Wildman–Crippen LogP) is 3.78. The van der Waals surface area contributed by atoms with Crippen LogP contribution in [-0.4, -0.2) is 49.0 Å². The number of ether oxygens (including phenoxy) is 1. The molecule has 0 aromatic heterocycles. The molecular formula is C22H23FN4O. The van der Waals surface area contributed by atoms with Crippen LogP contribution < -0.4 is 4.74 Å². The van der Waals surface area contributed by atoms with E-state index in [0.29, 0.717) is 6.67 Å². The van der Waals surface area contributed by atoms with Gasteiger partial charge in [0.05, 0.1) is 13.4 Å². The molecule has 28 heavy (non-hydrogen) atoms. The van der Waals surface area contributed by atoms with Gasteiger partial charge in [-0.3, -0.25) is 0 Å². The van der Waals surface area contributed by atoms with Gasteiger partial charge in [-0.1, -0.05) is 30.3 Å². The van der Waals surface area contributed by atoms with Crippen molar-refractivity contribution in [3.63, 3.8) is 0 Å². The van der Waals surface area contributed by atoms with E-state index >= 15 is 0 Å². The molecule has 0 atom stereocenters. The molecule has 0 N–H and O–H groups in total. The fourth-order valence-electron chi connectivity index (χ4n) is 3.38. The van der Waals surface area contributed by atoms with Crippen molar-refractivity contribution in [1.29, 1.82) is 0 Å². The van der Waals surface area contributed by atoms with Gasteiger partial charge in [-0.25, -0.2) is 14.4 Å². The van der Waals surface area contributed by atoms with E-state index in [2.05, 4.69) is 38.0 Å². The molecule has 6 heteroatoms. The zero-order valence-electron chi connectivity index (χ0n) is 15.9. The minimum Gasteiger partial charge on any atom is -0.497 e. The van der Waals surface area contributed by atoms with Gasteiger partial charge >= 0.3 is 0 Å². The molecule has 0 fully saturated rings. The highest BCUT2D eigenvalue weighted by molar-refractivity contribution is 5.89. The summed E-state index contributed by atoms with van der Waals surface area (Å²) in [7, 11) is 1.67. The number of methoxy groups -OCH3 is 1. The number of benzene rings is 2. The van der Waals surface area contributed by atoms with E-state index in [1.165, 1.54) is 23.3 Å². The number of hydrogen-bond acceptors (Lipinski definition) is 5. The largest absolute Gasteiger partial charge is 0.497 e. The Morgan fingerprint density at radius 1 is 1.07 bits per heavy atom. The quantitative estimate of drug-likeness (QED) is 0.813. The molecule has 2 aliphatic rings. The fourth-order valence-corrected chi connectivity index (χ4v) is 3.38. The molecule has 5 nitrogen and oxygen atoms in total. The molecule has 2 aromatic carbocycles. The summed E-state index contributed by atoms with van der Waals surface area (Å²) in [5.74, 6) is 1.43. The van der Waals surface area contributed by atoms with Gasteiger partial charge in [0.15, 0.2) is 0 Å². The maximum atomic E-state index is 13.1. The first kappa shape index (κ1) is 18.2. The average Bonchev–Trinajstić information content (AvgIpc) is 2.76. The fraction of sp³-hybridized carbons (Fsp3) is 0.273. The second-order valence-corrected chi connectivity index (χ2v) is 6.87. The number of halogens is 1. The summed E-state index contributed by atoms with van der Waals surface area (Å²) in [4.78, 5) is 13.4. The van der Waals surface area contributed by atoms with Crippen LogP contribution in [0.4, 0.5) is 4.39 Å². The number of nitrogens with zero attached hydrogens (tertiary/aromatic N) is 4. The van der Waals surface area contributed by atoms with Gasteiger partial charge < -0.3 is 14.5 Å². The minimum atomic E-state index is -0.202. The van der Waals surface area contributed by atoms with Crippen molar-refractivity contribution in [2.75, 3.05) is 26.9 Å². The van der Waals surface area contributed by atoms with E-state index in [0.717, 1.165) is 43.3 Å². The Kier molecular flexibility index (Phi) is 5.37. The first-order chi connectivity index (χ1) is 13.7. The van der Waals surface area contributed by atoms with Crippen LogP contribution in [0.2, 0.25) is 0 Å². The van der Waals surface area contributed by atoms with E-state index < -0.39 is 0 Å². The first-order valence-electron chi connectivity index (χ1n) is 9.37. The van der Waals surface area contributed by atoms with Crippen molar-refractivity contribution < 1.29 is 9.13 Å². The third kappa shape index (κ3) is 4.22. The summed E-state index contributed by atoms with van der Waals surface area (Å²) in [6.45, 7) is 2.98. The van der Waals surface area contributed by atoms with Crippen LogP contribution in [0.1, 0.15) is 17.5 Å². The molecule has 0 saturated heterocycles. The van der Waals surface area contributed by atoms with Crippen LogP contribution in [0.3, 0.4) is 0 Å². The zero-order chi connectivity index (χ0) is 19.3. The maximum absolute atomic E-state index is 13.1. The van der Waals surface area contributed by atoms with Crippen molar-refractivity contribution >= 4 is 17.9 Å². The van der Waals surface area contributed by atoms with Crippen LogP contribution >= 0.6 is 0 Å². The molecule has 0 saturated carbocycles. The molecule has 0 spiro atoms. The Morgan fingerprint density at radius 2 is 1.86 bits per heavy atom. The monoisotopic (exact) mass is 378 g/mol. The standard InChI is InChI=1S/C22H23FN4O/c1-28-21-8-2-17(3-9-21)14-26-15-24-22(25-16-26)27-12-10-19(11-13-27)18-4-6-20(23)7-5-18/h2-10,15H,11-14,16H2,1H3. The van der Waals surface area contributed by atoms with Crippen molar-refractivity contribution in [2.24, 2.45) is 9.98 Å². The second-order valence-electron chi connectivity index (χ2n) is 6.87. The van der Waals surface area contributed by atoms with Gasteiger partial charge in [-0.05, 0) is 47.4 Å². The Bertz CT molecular complexity index is 903. The van der Waals surface area contributed by atoms with Crippen molar-refractivity contribution in [1.82, 2.24) is 9.80 Å². The normalized spacial score (nSPS) is 16.6. The number of guanidine groups is 1. The molecule has 0 unspecified atom stereocenters. The average molecular weight is 378 g/mol. The van der Waals surface area contributed by atoms with Gasteiger partial charge in [-0.2, -0.15) is 0 Å². The van der Waals surface area contributed by atoms with Crippen LogP contribution in [0.25, 0.3) is 5.57 Å². The van der Waals surface area contributed by atoms with Crippen LogP contribution in [0.15, 0.2) is 64.6 Å². The summed E-state index contributed by atoms with van der Waals surface area (Å²) < 4.78 is 18.3. The lowest BCUT2D eigenvalue weighted by Gasteiger charge is -2.30. The summed E-state index contributed by atoms with van der Waals surface area (Å²) in [5, 5.41) is 0. The van der Waals surface area contributed by atoms with E-state index in [9.17, 15) is 4.39 Å². The number of rotatable bonds is 4. The SMILES string of the molecule is COc1ccc(CN2C=NC(N3CC=C(c4ccc(F)cc4)CC3)=NC2)cc1. The minimum absolute atomic E-state index is 0.202. The van der Waals surface area contributed by atoms with Crippen LogP contribution in [0.5, 0.6) is 5.75 Å². The summed E-state index contributed by atoms with van der Waals surface area (Å²) in [6, 6.07) is 14.7. The highest BCUT2D eigenvalue weighted by Gasteiger charge is 2.18. The molecule has 2 aromatic rings. The molecule has 0 radical (unpaired) electrons. The molecular weight excluding hydrogens is 355 g/mol. The van der Waals surface area contributed by atoms with Gasteiger partial charge in [0.2, 0.25) is 5.96 Å². The van der Waals surface area contributed by atoms with Crippen LogP contribution in [0, 0.1) is 5.82 Å². The molecule has 2 heterocycles. The predicted molar refractivity (Wildman–Crippen MR) is 110 cm³/mol. The second kappa shape index (κ2) is 8.25. The van der Waals surface area contributed by atoms with Gasteiger partial charge in [0.1, 0.15) is 18.2 Å². The third-order valence-corrected chi connectivity index (χ3v) is 4.98. The maximum Gasteiger partial charge on any atom is 0.224 e. The third-order valence-electron chi connectivity index (χ3n) is 4.98. The Labute approximate surface area is 164 Å². The van der Waals surface area contributed by atoms with E-state index in [1.807, 2.05) is 30.6 Å². The summed E-state index contributed by atoms with van der Waals surface area (Å²) >= 11 is 0. The zero-order valence-corrected chi connectivity index (χ0v) is 15.9. The van der Waals surface area contributed by atoms with Gasteiger partial charge in [0, 0.05) is 19.6 Å². The lowest BCUT2D eigenvalue weighted by atomic mass is 10.00. The van der Waals surface area contributed by atoms with Crippen molar-refractivity contribution in [2.45, 2.75) is 13.0 Å². The van der Waals surface area contributed by atoms with Crippen LogP contribution in [-0.2, 0) is 6.54 Å². The van der Waals surface area contributed by atoms with Crippen molar-refractivity contribution in [3.8, 4) is 5.75 Å².